The number of carbonyl (C=O) groups is 1. The molecule has 0 aliphatic heterocycles. The predicted octanol–water partition coefficient (Wildman–Crippen LogP) is 2.27. The number of benzene rings is 1. The van der Waals surface area contributed by atoms with Crippen molar-refractivity contribution in [1.29, 1.82) is 0 Å². The maximum absolute atomic E-state index is 11.3. The molecule has 0 saturated carbocycles. The number of pyridine rings is 1. The van der Waals surface area contributed by atoms with E-state index in [1.807, 2.05) is 18.2 Å². The Morgan fingerprint density at radius 1 is 1.05 bits per heavy atom. The van der Waals surface area contributed by atoms with Gasteiger partial charge in [-0.25, -0.2) is 9.78 Å². The van der Waals surface area contributed by atoms with Crippen molar-refractivity contribution in [3.63, 3.8) is 0 Å². The molecular formula is C17H11NO2. The van der Waals surface area contributed by atoms with E-state index in [1.165, 1.54) is 7.11 Å². The Morgan fingerprint density at radius 2 is 1.80 bits per heavy atom. The van der Waals surface area contributed by atoms with Gasteiger partial charge in [-0.05, 0) is 54.2 Å². The normalized spacial score (nSPS) is 8.65. The van der Waals surface area contributed by atoms with Crippen LogP contribution in [0.1, 0.15) is 21.6 Å². The number of hydrogen-bond acceptors (Lipinski definition) is 3. The Balaban J connectivity index is 2.07. The van der Waals surface area contributed by atoms with Gasteiger partial charge in [0.2, 0.25) is 0 Å². The van der Waals surface area contributed by atoms with Crippen LogP contribution in [0.3, 0.4) is 0 Å². The number of rotatable bonds is 1. The van der Waals surface area contributed by atoms with Gasteiger partial charge in [-0.2, -0.15) is 0 Å². The van der Waals surface area contributed by atoms with Crippen molar-refractivity contribution < 1.29 is 9.53 Å². The molecule has 0 unspecified atom stereocenters. The number of nitrogens with zero attached hydrogens (tertiary/aromatic N) is 1. The topological polar surface area (TPSA) is 39.2 Å². The van der Waals surface area contributed by atoms with Crippen molar-refractivity contribution in [2.45, 2.75) is 0 Å². The highest BCUT2D eigenvalue weighted by molar-refractivity contribution is 5.89. The van der Waals surface area contributed by atoms with Crippen LogP contribution in [0.2, 0.25) is 0 Å². The van der Waals surface area contributed by atoms with Gasteiger partial charge in [0.05, 0.1) is 12.7 Å². The lowest BCUT2D eigenvalue weighted by atomic mass is 10.1. The Kier molecular flexibility index (Phi) is 4.54. The lowest BCUT2D eigenvalue weighted by Gasteiger charge is -1.97. The number of hydrogen-bond donors (Lipinski definition) is 0. The first kappa shape index (κ1) is 13.4. The zero-order valence-corrected chi connectivity index (χ0v) is 10.9. The summed E-state index contributed by atoms with van der Waals surface area (Å²) in [6.45, 7) is 0. The van der Waals surface area contributed by atoms with E-state index in [0.717, 1.165) is 5.56 Å². The van der Waals surface area contributed by atoms with E-state index in [2.05, 4.69) is 33.4 Å². The molecule has 0 fully saturated rings. The quantitative estimate of drug-likeness (QED) is 0.584. The van der Waals surface area contributed by atoms with Crippen molar-refractivity contribution in [2.75, 3.05) is 7.11 Å². The summed E-state index contributed by atoms with van der Waals surface area (Å²) in [6, 6.07) is 12.4. The van der Waals surface area contributed by atoms with Crippen LogP contribution in [0.4, 0.5) is 0 Å². The lowest BCUT2D eigenvalue weighted by molar-refractivity contribution is 0.0601. The van der Waals surface area contributed by atoms with Crippen LogP contribution in [0, 0.1) is 23.7 Å². The monoisotopic (exact) mass is 261 g/mol. The summed E-state index contributed by atoms with van der Waals surface area (Å²) in [5.74, 6) is 10.9. The van der Waals surface area contributed by atoms with Gasteiger partial charge >= 0.3 is 5.97 Å². The Morgan fingerprint density at radius 3 is 2.45 bits per heavy atom. The van der Waals surface area contributed by atoms with Gasteiger partial charge in [0.25, 0.3) is 0 Å². The molecule has 0 aliphatic rings. The minimum Gasteiger partial charge on any atom is -0.465 e. The number of ether oxygens (including phenoxy) is 1. The van der Waals surface area contributed by atoms with E-state index in [0.29, 0.717) is 11.3 Å². The second-order valence-electron chi connectivity index (χ2n) is 3.78. The van der Waals surface area contributed by atoms with Crippen LogP contribution in [0.5, 0.6) is 0 Å². The van der Waals surface area contributed by atoms with Gasteiger partial charge in [-0.1, -0.05) is 12.0 Å². The third-order valence-electron chi connectivity index (χ3n) is 2.43. The SMILES string of the molecule is COC(=O)c1ccc(C#CC#Cc2ccccn2)cc1. The van der Waals surface area contributed by atoms with Gasteiger partial charge in [0.1, 0.15) is 5.69 Å². The average Bonchev–Trinajstić information content (AvgIpc) is 2.52. The van der Waals surface area contributed by atoms with E-state index in [9.17, 15) is 4.79 Å². The molecule has 0 saturated heterocycles. The standard InChI is InChI=1S/C17H11NO2/c1-20-17(19)15-11-9-14(10-12-15)6-2-3-7-16-8-4-5-13-18-16/h4-5,8-13H,1H3. The second-order valence-corrected chi connectivity index (χ2v) is 3.78. The fourth-order valence-corrected chi connectivity index (χ4v) is 1.44. The third kappa shape index (κ3) is 3.73. The first-order chi connectivity index (χ1) is 9.79. The van der Waals surface area contributed by atoms with Crippen molar-refractivity contribution >= 4 is 5.97 Å². The van der Waals surface area contributed by atoms with Crippen LogP contribution in [0.15, 0.2) is 48.7 Å². The molecule has 2 aromatic rings. The third-order valence-corrected chi connectivity index (χ3v) is 2.43. The second kappa shape index (κ2) is 6.78. The van der Waals surface area contributed by atoms with Crippen LogP contribution in [0.25, 0.3) is 0 Å². The van der Waals surface area contributed by atoms with Crippen molar-refractivity contribution in [3.05, 3.63) is 65.5 Å². The zero-order chi connectivity index (χ0) is 14.2. The molecule has 0 atom stereocenters. The van der Waals surface area contributed by atoms with E-state index < -0.39 is 0 Å². The molecule has 20 heavy (non-hydrogen) atoms. The molecule has 3 nitrogen and oxygen atoms in total. The minimum atomic E-state index is -0.362. The Hall–Kier alpha value is -3.04. The first-order valence-corrected chi connectivity index (χ1v) is 5.91. The summed E-state index contributed by atoms with van der Waals surface area (Å²) in [6.07, 6.45) is 1.68. The Labute approximate surface area is 117 Å². The largest absolute Gasteiger partial charge is 0.465 e. The van der Waals surface area contributed by atoms with Crippen molar-refractivity contribution in [1.82, 2.24) is 4.98 Å². The Bertz CT molecular complexity index is 711. The molecule has 0 aliphatic carbocycles. The molecule has 0 amide bonds. The van der Waals surface area contributed by atoms with E-state index in [-0.39, 0.29) is 5.97 Å². The highest BCUT2D eigenvalue weighted by Gasteiger charge is 2.02. The summed E-state index contributed by atoms with van der Waals surface area (Å²) in [5.41, 5.74) is 1.97. The van der Waals surface area contributed by atoms with Crippen LogP contribution in [-0.4, -0.2) is 18.1 Å². The van der Waals surface area contributed by atoms with Gasteiger partial charge in [0.15, 0.2) is 0 Å². The first-order valence-electron chi connectivity index (χ1n) is 5.91. The maximum atomic E-state index is 11.3. The molecule has 0 spiro atoms. The van der Waals surface area contributed by atoms with Gasteiger partial charge < -0.3 is 4.74 Å². The number of methoxy groups -OCH3 is 1. The van der Waals surface area contributed by atoms with E-state index in [4.69, 9.17) is 0 Å². The predicted molar refractivity (Wildman–Crippen MR) is 75.8 cm³/mol. The summed E-state index contributed by atoms with van der Waals surface area (Å²) in [5, 5.41) is 0. The molecule has 2 rings (SSSR count). The minimum absolute atomic E-state index is 0.362. The van der Waals surface area contributed by atoms with Gasteiger partial charge in [0, 0.05) is 11.8 Å². The van der Waals surface area contributed by atoms with Crippen LogP contribution < -0.4 is 0 Å². The molecule has 0 N–H and O–H groups in total. The lowest BCUT2D eigenvalue weighted by Crippen LogP contribution is -2.00. The summed E-state index contributed by atoms with van der Waals surface area (Å²) < 4.78 is 4.62. The fraction of sp³-hybridized carbons (Fsp3) is 0.0588. The van der Waals surface area contributed by atoms with E-state index in [1.54, 1.807) is 30.5 Å². The molecule has 0 radical (unpaired) electrons. The highest BCUT2D eigenvalue weighted by Crippen LogP contribution is 2.04. The number of carbonyl (C=O) groups excluding carboxylic acids is 1. The summed E-state index contributed by atoms with van der Waals surface area (Å²) >= 11 is 0. The van der Waals surface area contributed by atoms with Crippen molar-refractivity contribution in [2.24, 2.45) is 0 Å². The molecule has 1 aromatic heterocycles. The molecule has 0 bridgehead atoms. The molecule has 96 valence electrons. The average molecular weight is 261 g/mol. The van der Waals surface area contributed by atoms with E-state index >= 15 is 0 Å². The van der Waals surface area contributed by atoms with Crippen LogP contribution >= 0.6 is 0 Å². The smallest absolute Gasteiger partial charge is 0.337 e. The molecule has 3 heteroatoms. The highest BCUT2D eigenvalue weighted by atomic mass is 16.5. The fourth-order valence-electron chi connectivity index (χ4n) is 1.44. The number of esters is 1. The van der Waals surface area contributed by atoms with Gasteiger partial charge in [-0.15, -0.1) is 0 Å². The zero-order valence-electron chi connectivity index (χ0n) is 10.9. The van der Waals surface area contributed by atoms with Crippen molar-refractivity contribution in [3.8, 4) is 23.7 Å². The summed E-state index contributed by atoms with van der Waals surface area (Å²) in [4.78, 5) is 15.3. The molecule has 1 heterocycles. The van der Waals surface area contributed by atoms with Crippen LogP contribution in [-0.2, 0) is 4.74 Å². The molecular weight excluding hydrogens is 250 g/mol. The van der Waals surface area contributed by atoms with Gasteiger partial charge in [-0.3, -0.25) is 0 Å². The molecule has 1 aromatic carbocycles. The maximum Gasteiger partial charge on any atom is 0.337 e. The number of aromatic nitrogens is 1. The summed E-state index contributed by atoms with van der Waals surface area (Å²) in [7, 11) is 1.35.